The first kappa shape index (κ1) is 19.5. The highest BCUT2D eigenvalue weighted by Gasteiger charge is 2.43. The van der Waals surface area contributed by atoms with Crippen molar-refractivity contribution in [3.8, 4) is 22.4 Å². The minimum Gasteiger partial charge on any atom is -0.299 e. The quantitative estimate of drug-likeness (QED) is 0.273. The zero-order valence-electron chi connectivity index (χ0n) is 20.2. The normalized spacial score (nSPS) is 14.3. The fraction of sp³-hybridized carbons (Fsp3) is 0.200. The summed E-state index contributed by atoms with van der Waals surface area (Å²) >= 11 is 0. The van der Waals surface area contributed by atoms with E-state index in [9.17, 15) is 0 Å². The van der Waals surface area contributed by atoms with Gasteiger partial charge in [-0.05, 0) is 62.6 Å². The van der Waals surface area contributed by atoms with Crippen molar-refractivity contribution in [3.63, 3.8) is 0 Å². The van der Waals surface area contributed by atoms with Crippen LogP contribution in [0.4, 0.5) is 0 Å². The van der Waals surface area contributed by atoms with Crippen LogP contribution in [0.2, 0.25) is 0 Å². The molecule has 0 radical (unpaired) electrons. The van der Waals surface area contributed by atoms with Crippen molar-refractivity contribution >= 4 is 27.8 Å². The van der Waals surface area contributed by atoms with E-state index < -0.39 is 0 Å². The molecule has 0 atom stereocenters. The number of hydrogen-bond donors (Lipinski definition) is 0. The maximum Gasteiger partial charge on any atom is 0.220 e. The largest absolute Gasteiger partial charge is 0.299 e. The molecule has 3 aromatic carbocycles. The number of aryl methyl sites for hydroxylation is 2. The number of nitrogens with zero attached hydrogens (tertiary/aromatic N) is 4. The Morgan fingerprint density at radius 1 is 0.853 bits per heavy atom. The lowest BCUT2D eigenvalue weighted by Gasteiger charge is -2.35. The molecule has 0 unspecified atom stereocenters. The van der Waals surface area contributed by atoms with Gasteiger partial charge >= 0.3 is 0 Å². The Balaban J connectivity index is 1.71. The number of hydrogen-bond acceptors (Lipinski definition) is 1. The summed E-state index contributed by atoms with van der Waals surface area (Å²) in [5.41, 5.74) is 13.5. The molecular formula is C30H27N4+. The summed E-state index contributed by atoms with van der Waals surface area (Å²) in [7, 11) is 2.19. The fourth-order valence-corrected chi connectivity index (χ4v) is 6.33. The van der Waals surface area contributed by atoms with Gasteiger partial charge in [0.2, 0.25) is 11.5 Å². The van der Waals surface area contributed by atoms with Gasteiger partial charge in [-0.25, -0.2) is 9.55 Å². The summed E-state index contributed by atoms with van der Waals surface area (Å²) in [5.74, 6) is 1.01. The van der Waals surface area contributed by atoms with Crippen LogP contribution in [0, 0.1) is 13.8 Å². The highest BCUT2D eigenvalue weighted by molar-refractivity contribution is 6.01. The molecule has 3 aromatic heterocycles. The van der Waals surface area contributed by atoms with Crippen molar-refractivity contribution in [2.24, 2.45) is 7.05 Å². The van der Waals surface area contributed by atoms with Crippen LogP contribution in [0.1, 0.15) is 30.5 Å². The van der Waals surface area contributed by atoms with Crippen LogP contribution in [0.25, 0.3) is 50.2 Å². The Kier molecular flexibility index (Phi) is 3.65. The average Bonchev–Trinajstić information content (AvgIpc) is 3.35. The average molecular weight is 444 g/mol. The number of imidazole rings is 2. The van der Waals surface area contributed by atoms with Gasteiger partial charge in [-0.2, -0.15) is 0 Å². The zero-order valence-corrected chi connectivity index (χ0v) is 20.2. The number of fused-ring (bicyclic) bond motifs is 7. The van der Waals surface area contributed by atoms with Crippen LogP contribution in [-0.2, 0) is 12.6 Å². The van der Waals surface area contributed by atoms with Crippen molar-refractivity contribution in [1.29, 1.82) is 0 Å². The Morgan fingerprint density at radius 3 is 2.38 bits per heavy atom. The fourth-order valence-electron chi connectivity index (χ4n) is 6.33. The molecule has 0 bridgehead atoms. The molecule has 0 N–H and O–H groups in total. The van der Waals surface area contributed by atoms with Crippen molar-refractivity contribution in [2.45, 2.75) is 33.2 Å². The summed E-state index contributed by atoms with van der Waals surface area (Å²) in [6, 6.07) is 23.7. The lowest BCUT2D eigenvalue weighted by atomic mass is 9.80. The lowest BCUT2D eigenvalue weighted by Crippen LogP contribution is -2.41. The van der Waals surface area contributed by atoms with E-state index in [1.54, 1.807) is 0 Å². The van der Waals surface area contributed by atoms with E-state index in [-0.39, 0.29) is 5.54 Å². The third-order valence-corrected chi connectivity index (χ3v) is 7.76. The van der Waals surface area contributed by atoms with Gasteiger partial charge in [0.25, 0.3) is 0 Å². The van der Waals surface area contributed by atoms with E-state index in [0.717, 1.165) is 16.8 Å². The second kappa shape index (κ2) is 6.35. The van der Waals surface area contributed by atoms with Gasteiger partial charge in [0.05, 0.1) is 38.7 Å². The summed E-state index contributed by atoms with van der Waals surface area (Å²) in [4.78, 5) is 5.15. The van der Waals surface area contributed by atoms with E-state index in [1.807, 2.05) is 0 Å². The van der Waals surface area contributed by atoms with Crippen molar-refractivity contribution < 1.29 is 4.57 Å². The molecule has 0 saturated carbocycles. The molecule has 166 valence electrons. The smallest absolute Gasteiger partial charge is 0.220 e. The van der Waals surface area contributed by atoms with Gasteiger partial charge in [0, 0.05) is 5.56 Å². The molecule has 4 heterocycles. The third kappa shape index (κ3) is 2.23. The number of benzene rings is 3. The standard InChI is InChI=1S/C30H27N4/c1-18-15-16-24-27-25(18)28-26(19(2)21(17-32(28)5)20-11-7-6-8-12-20)30(3,4)34(27)29-31-22-13-9-10-14-23(22)33(24)29/h6-17H,1-5H3/q+1. The van der Waals surface area contributed by atoms with E-state index in [2.05, 4.69) is 121 Å². The lowest BCUT2D eigenvalue weighted by molar-refractivity contribution is -0.660. The minimum absolute atomic E-state index is 0.285. The monoisotopic (exact) mass is 443 g/mol. The van der Waals surface area contributed by atoms with Crippen LogP contribution in [0.15, 0.2) is 72.9 Å². The highest BCUT2D eigenvalue weighted by Crippen LogP contribution is 2.48. The van der Waals surface area contributed by atoms with Crippen LogP contribution in [0.5, 0.6) is 0 Å². The Labute approximate surface area is 198 Å². The number of para-hydroxylation sites is 2. The van der Waals surface area contributed by atoms with E-state index in [1.165, 1.54) is 50.1 Å². The van der Waals surface area contributed by atoms with E-state index in [4.69, 9.17) is 4.98 Å². The zero-order chi connectivity index (χ0) is 23.4. The predicted molar refractivity (Wildman–Crippen MR) is 138 cm³/mol. The van der Waals surface area contributed by atoms with Crippen molar-refractivity contribution in [1.82, 2.24) is 14.0 Å². The van der Waals surface area contributed by atoms with Crippen LogP contribution in [0.3, 0.4) is 0 Å². The summed E-state index contributed by atoms with van der Waals surface area (Å²) in [6.07, 6.45) is 2.30. The maximum absolute atomic E-state index is 5.15. The second-order valence-corrected chi connectivity index (χ2v) is 10.1. The first-order valence-electron chi connectivity index (χ1n) is 11.9. The van der Waals surface area contributed by atoms with Crippen molar-refractivity contribution in [2.75, 3.05) is 0 Å². The van der Waals surface area contributed by atoms with E-state index in [0.29, 0.717) is 0 Å². The van der Waals surface area contributed by atoms with E-state index >= 15 is 0 Å². The Bertz CT molecular complexity index is 1800. The molecule has 1 aliphatic rings. The first-order chi connectivity index (χ1) is 16.4. The summed E-state index contributed by atoms with van der Waals surface area (Å²) in [6.45, 7) is 9.21. The minimum atomic E-state index is -0.285. The van der Waals surface area contributed by atoms with Gasteiger partial charge < -0.3 is 0 Å². The number of pyridine rings is 1. The molecule has 0 fully saturated rings. The maximum atomic E-state index is 5.15. The molecule has 0 saturated heterocycles. The molecule has 0 aliphatic carbocycles. The molecule has 4 heteroatoms. The van der Waals surface area contributed by atoms with Crippen molar-refractivity contribution in [3.05, 3.63) is 89.6 Å². The molecular weight excluding hydrogens is 416 g/mol. The molecule has 4 nitrogen and oxygen atoms in total. The number of rotatable bonds is 1. The van der Waals surface area contributed by atoms with Gasteiger partial charge in [0.1, 0.15) is 7.05 Å². The highest BCUT2D eigenvalue weighted by atomic mass is 15.2. The molecule has 1 aliphatic heterocycles. The molecule has 0 spiro atoms. The Morgan fingerprint density at radius 2 is 1.59 bits per heavy atom. The van der Waals surface area contributed by atoms with Gasteiger partial charge in [0.15, 0.2) is 6.20 Å². The molecule has 34 heavy (non-hydrogen) atoms. The summed E-state index contributed by atoms with van der Waals surface area (Å²) in [5, 5.41) is 0. The predicted octanol–water partition coefficient (Wildman–Crippen LogP) is 6.31. The number of aromatic nitrogens is 4. The van der Waals surface area contributed by atoms with Crippen LogP contribution < -0.4 is 4.57 Å². The Hall–Kier alpha value is -3.92. The summed E-state index contributed by atoms with van der Waals surface area (Å²) < 4.78 is 7.16. The molecule has 0 amide bonds. The van der Waals surface area contributed by atoms with Gasteiger partial charge in [-0.3, -0.25) is 8.97 Å². The first-order valence-corrected chi connectivity index (χ1v) is 11.9. The van der Waals surface area contributed by atoms with Crippen LogP contribution in [-0.4, -0.2) is 14.0 Å². The topological polar surface area (TPSA) is 26.1 Å². The third-order valence-electron chi connectivity index (χ3n) is 7.76. The molecule has 6 aromatic rings. The van der Waals surface area contributed by atoms with Gasteiger partial charge in [-0.1, -0.05) is 48.5 Å². The second-order valence-electron chi connectivity index (χ2n) is 10.1. The van der Waals surface area contributed by atoms with Gasteiger partial charge in [-0.15, -0.1) is 0 Å². The van der Waals surface area contributed by atoms with Crippen LogP contribution >= 0.6 is 0 Å². The SMILES string of the molecule is Cc1ccc2c3c1-c1c(c(C)c(-c4ccccc4)c[n+]1C)C(C)(C)n3c1nc3ccccc3n21. The molecule has 7 rings (SSSR count).